The Kier molecular flexibility index (Phi) is 10.1. The van der Waals surface area contributed by atoms with Crippen LogP contribution in [0.15, 0.2) is 11.6 Å². The first kappa shape index (κ1) is 17.8. The topological polar surface area (TPSA) is 12.0 Å². The molecule has 1 rings (SSSR count). The Morgan fingerprint density at radius 3 is 2.30 bits per heavy atom. The molecule has 0 aromatic carbocycles. The third kappa shape index (κ3) is 8.09. The fourth-order valence-electron chi connectivity index (χ4n) is 3.35. The highest BCUT2D eigenvalue weighted by Gasteiger charge is 2.14. The molecule has 0 spiro atoms. The van der Waals surface area contributed by atoms with Gasteiger partial charge in [-0.05, 0) is 37.6 Å². The van der Waals surface area contributed by atoms with Crippen molar-refractivity contribution in [3.8, 4) is 0 Å². The summed E-state index contributed by atoms with van der Waals surface area (Å²) in [4.78, 5) is 0. The summed E-state index contributed by atoms with van der Waals surface area (Å²) in [5.41, 5.74) is 1.76. The molecular formula is C19H37N. The molecule has 0 amide bonds. The second-order valence-corrected chi connectivity index (χ2v) is 6.96. The van der Waals surface area contributed by atoms with Gasteiger partial charge in [-0.25, -0.2) is 0 Å². The number of nitrogens with one attached hydrogen (secondary N) is 1. The zero-order valence-electron chi connectivity index (χ0n) is 14.2. The van der Waals surface area contributed by atoms with Gasteiger partial charge in [-0.3, -0.25) is 0 Å². The quantitative estimate of drug-likeness (QED) is 0.377. The van der Waals surface area contributed by atoms with Crippen LogP contribution in [0.1, 0.15) is 85.0 Å². The van der Waals surface area contributed by atoms with Crippen molar-refractivity contribution < 1.29 is 0 Å². The van der Waals surface area contributed by atoms with E-state index in [9.17, 15) is 0 Å². The third-order valence-electron chi connectivity index (χ3n) is 4.59. The Labute approximate surface area is 127 Å². The lowest BCUT2D eigenvalue weighted by atomic mass is 9.86. The number of unbranched alkanes of at least 4 members (excludes halogenated alkanes) is 4. The van der Waals surface area contributed by atoms with Gasteiger partial charge in [0.15, 0.2) is 0 Å². The summed E-state index contributed by atoms with van der Waals surface area (Å²) in [5, 5.41) is 3.43. The first-order chi connectivity index (χ1) is 9.74. The highest BCUT2D eigenvalue weighted by atomic mass is 14.8. The van der Waals surface area contributed by atoms with E-state index in [-0.39, 0.29) is 0 Å². The van der Waals surface area contributed by atoms with E-state index in [0.29, 0.717) is 0 Å². The maximum absolute atomic E-state index is 3.43. The maximum Gasteiger partial charge on any atom is 0.0137 e. The van der Waals surface area contributed by atoms with Crippen molar-refractivity contribution in [1.82, 2.24) is 5.32 Å². The Bertz CT molecular complexity index is 254. The normalized spacial score (nSPS) is 17.3. The van der Waals surface area contributed by atoms with Crippen molar-refractivity contribution in [3.05, 3.63) is 11.6 Å². The summed E-state index contributed by atoms with van der Waals surface area (Å²) in [6.07, 6.45) is 16.6. The summed E-state index contributed by atoms with van der Waals surface area (Å²) in [7, 11) is 0. The monoisotopic (exact) mass is 279 g/mol. The molecule has 0 radical (unpaired) electrons. The minimum atomic E-state index is 0.885. The van der Waals surface area contributed by atoms with E-state index in [1.807, 2.05) is 0 Å². The number of hydrogen-bond acceptors (Lipinski definition) is 1. The smallest absolute Gasteiger partial charge is 0.0137 e. The minimum Gasteiger partial charge on any atom is -0.313 e. The van der Waals surface area contributed by atoms with Crippen LogP contribution in [0.2, 0.25) is 0 Å². The largest absolute Gasteiger partial charge is 0.313 e. The first-order valence-electron chi connectivity index (χ1n) is 9.13. The SMILES string of the molecule is CCCC(CCCCCCCC(C)C)C1=CCNCC1. The van der Waals surface area contributed by atoms with Gasteiger partial charge in [0, 0.05) is 6.54 Å². The van der Waals surface area contributed by atoms with Crippen LogP contribution >= 0.6 is 0 Å². The lowest BCUT2D eigenvalue weighted by Gasteiger charge is -2.23. The molecule has 1 nitrogen and oxygen atoms in total. The van der Waals surface area contributed by atoms with E-state index in [1.165, 1.54) is 70.8 Å². The Morgan fingerprint density at radius 1 is 1.00 bits per heavy atom. The van der Waals surface area contributed by atoms with Gasteiger partial charge in [-0.2, -0.15) is 0 Å². The summed E-state index contributed by atoms with van der Waals surface area (Å²) in [5.74, 6) is 1.77. The van der Waals surface area contributed by atoms with Crippen molar-refractivity contribution in [2.75, 3.05) is 13.1 Å². The molecule has 1 aliphatic rings. The summed E-state index contributed by atoms with van der Waals surface area (Å²) >= 11 is 0. The average molecular weight is 280 g/mol. The molecule has 20 heavy (non-hydrogen) atoms. The Hall–Kier alpha value is -0.300. The summed E-state index contributed by atoms with van der Waals surface area (Å²) in [6, 6.07) is 0. The molecule has 0 saturated heterocycles. The van der Waals surface area contributed by atoms with E-state index in [0.717, 1.165) is 18.4 Å². The minimum absolute atomic E-state index is 0.885. The van der Waals surface area contributed by atoms with Crippen molar-refractivity contribution >= 4 is 0 Å². The van der Waals surface area contributed by atoms with Crippen LogP contribution in [0.5, 0.6) is 0 Å². The van der Waals surface area contributed by atoms with Gasteiger partial charge in [0.1, 0.15) is 0 Å². The fraction of sp³-hybridized carbons (Fsp3) is 0.895. The molecule has 0 bridgehead atoms. The Morgan fingerprint density at radius 2 is 1.70 bits per heavy atom. The zero-order valence-corrected chi connectivity index (χ0v) is 14.2. The molecule has 0 saturated carbocycles. The van der Waals surface area contributed by atoms with E-state index in [4.69, 9.17) is 0 Å². The summed E-state index contributed by atoms with van der Waals surface area (Å²) < 4.78 is 0. The van der Waals surface area contributed by atoms with Crippen molar-refractivity contribution in [3.63, 3.8) is 0 Å². The highest BCUT2D eigenvalue weighted by Crippen LogP contribution is 2.27. The van der Waals surface area contributed by atoms with Gasteiger partial charge >= 0.3 is 0 Å². The van der Waals surface area contributed by atoms with Gasteiger partial charge < -0.3 is 5.32 Å². The predicted molar refractivity (Wildman–Crippen MR) is 91.1 cm³/mol. The Balaban J connectivity index is 2.11. The van der Waals surface area contributed by atoms with Crippen LogP contribution in [0.25, 0.3) is 0 Å². The molecule has 0 aromatic heterocycles. The van der Waals surface area contributed by atoms with Crippen molar-refractivity contribution in [1.29, 1.82) is 0 Å². The third-order valence-corrected chi connectivity index (χ3v) is 4.59. The number of hydrogen-bond donors (Lipinski definition) is 1. The molecule has 1 heteroatoms. The maximum atomic E-state index is 3.43. The van der Waals surface area contributed by atoms with E-state index >= 15 is 0 Å². The van der Waals surface area contributed by atoms with Crippen LogP contribution < -0.4 is 5.32 Å². The molecule has 1 heterocycles. The molecule has 1 atom stereocenters. The molecule has 1 unspecified atom stereocenters. The standard InChI is InChI=1S/C19H37N/c1-4-10-18(19-13-15-20-16-14-19)12-9-7-5-6-8-11-17(2)3/h13,17-18,20H,4-12,14-16H2,1-3H3. The van der Waals surface area contributed by atoms with Crippen LogP contribution in [-0.2, 0) is 0 Å². The second kappa shape index (κ2) is 11.4. The van der Waals surface area contributed by atoms with Crippen LogP contribution in [0.4, 0.5) is 0 Å². The van der Waals surface area contributed by atoms with Gasteiger partial charge in [0.25, 0.3) is 0 Å². The molecule has 118 valence electrons. The van der Waals surface area contributed by atoms with Crippen molar-refractivity contribution in [2.24, 2.45) is 11.8 Å². The first-order valence-corrected chi connectivity index (χ1v) is 9.13. The second-order valence-electron chi connectivity index (χ2n) is 6.96. The van der Waals surface area contributed by atoms with Crippen LogP contribution in [0.3, 0.4) is 0 Å². The van der Waals surface area contributed by atoms with E-state index in [1.54, 1.807) is 5.57 Å². The molecule has 0 aromatic rings. The van der Waals surface area contributed by atoms with Gasteiger partial charge in [-0.1, -0.05) is 77.4 Å². The van der Waals surface area contributed by atoms with E-state index in [2.05, 4.69) is 32.2 Å². The van der Waals surface area contributed by atoms with Crippen LogP contribution in [0, 0.1) is 11.8 Å². The van der Waals surface area contributed by atoms with Crippen LogP contribution in [-0.4, -0.2) is 13.1 Å². The molecular weight excluding hydrogens is 242 g/mol. The predicted octanol–water partition coefficient (Wildman–Crippen LogP) is 5.71. The molecule has 1 aliphatic heterocycles. The zero-order chi connectivity index (χ0) is 14.6. The lowest BCUT2D eigenvalue weighted by Crippen LogP contribution is -2.23. The van der Waals surface area contributed by atoms with Gasteiger partial charge in [-0.15, -0.1) is 0 Å². The average Bonchev–Trinajstić information content (AvgIpc) is 2.45. The molecule has 0 aliphatic carbocycles. The lowest BCUT2D eigenvalue weighted by molar-refractivity contribution is 0.446. The highest BCUT2D eigenvalue weighted by molar-refractivity contribution is 5.10. The van der Waals surface area contributed by atoms with Gasteiger partial charge in [0.05, 0.1) is 0 Å². The summed E-state index contributed by atoms with van der Waals surface area (Å²) in [6.45, 7) is 9.30. The molecule has 1 N–H and O–H groups in total. The van der Waals surface area contributed by atoms with Crippen molar-refractivity contribution in [2.45, 2.75) is 85.0 Å². The molecule has 0 fully saturated rings. The van der Waals surface area contributed by atoms with E-state index < -0.39 is 0 Å². The number of rotatable bonds is 11. The van der Waals surface area contributed by atoms with Gasteiger partial charge in [0.2, 0.25) is 0 Å². The fourth-order valence-corrected chi connectivity index (χ4v) is 3.35.